The van der Waals surface area contributed by atoms with E-state index in [0.717, 1.165) is 12.1 Å². The molecule has 0 aromatic heterocycles. The molecule has 2 aromatic carbocycles. The van der Waals surface area contributed by atoms with Gasteiger partial charge in [0.15, 0.2) is 12.7 Å². The standard InChI is InChI=1S/C21H24F2N4O5.ClH/c1-3-31-19(18-14(22)7-13(30-2)8-15(18)23)21(29)27-9-12-5-4-11(20(25)26)6-16(12)32-10-17(24)28;/h4-8,19H,3,9-10H2,1-2H3,(H2,24,28)(H3,25,26)(H,27,29);1H/t19-;/m0./s1. The Balaban J connectivity index is 0.00000544. The molecule has 33 heavy (non-hydrogen) atoms. The van der Waals surface area contributed by atoms with Crippen LogP contribution in [0.4, 0.5) is 8.78 Å². The molecule has 2 amide bonds. The maximum atomic E-state index is 14.5. The van der Waals surface area contributed by atoms with Crippen LogP contribution < -0.4 is 26.3 Å². The van der Waals surface area contributed by atoms with Crippen molar-refractivity contribution >= 4 is 30.1 Å². The lowest BCUT2D eigenvalue weighted by atomic mass is 10.1. The van der Waals surface area contributed by atoms with Gasteiger partial charge >= 0.3 is 0 Å². The number of halogens is 3. The summed E-state index contributed by atoms with van der Waals surface area (Å²) >= 11 is 0. The van der Waals surface area contributed by atoms with Gasteiger partial charge in [0.05, 0.1) is 12.7 Å². The van der Waals surface area contributed by atoms with E-state index in [9.17, 15) is 18.4 Å². The lowest BCUT2D eigenvalue weighted by Crippen LogP contribution is -2.32. The Hall–Kier alpha value is -3.44. The minimum Gasteiger partial charge on any atom is -0.497 e. The predicted octanol–water partition coefficient (Wildman–Crippen LogP) is 1.94. The molecule has 180 valence electrons. The van der Waals surface area contributed by atoms with Gasteiger partial charge in [0.25, 0.3) is 11.8 Å². The number of nitrogen functional groups attached to an aromatic ring is 1. The SMILES string of the molecule is CCO[C@H](C(=O)NCc1ccc(C(=N)N)cc1OCC(N)=O)c1c(F)cc(OC)cc1F.Cl. The number of ether oxygens (including phenoxy) is 3. The second-order valence-corrected chi connectivity index (χ2v) is 6.55. The minimum absolute atomic E-state index is 0. The number of hydrogen-bond donors (Lipinski definition) is 4. The lowest BCUT2D eigenvalue weighted by Gasteiger charge is -2.20. The molecule has 6 N–H and O–H groups in total. The van der Waals surface area contributed by atoms with E-state index >= 15 is 0 Å². The Morgan fingerprint density at radius 3 is 2.30 bits per heavy atom. The van der Waals surface area contributed by atoms with E-state index in [0.29, 0.717) is 11.1 Å². The smallest absolute Gasteiger partial charge is 0.255 e. The van der Waals surface area contributed by atoms with Gasteiger partial charge in [-0.2, -0.15) is 0 Å². The largest absolute Gasteiger partial charge is 0.497 e. The molecule has 0 heterocycles. The number of nitrogens with one attached hydrogen (secondary N) is 2. The first-order valence-corrected chi connectivity index (χ1v) is 9.48. The minimum atomic E-state index is -1.56. The van der Waals surface area contributed by atoms with E-state index in [-0.39, 0.29) is 42.9 Å². The number of rotatable bonds is 11. The van der Waals surface area contributed by atoms with Crippen molar-refractivity contribution in [2.75, 3.05) is 20.3 Å². The Labute approximate surface area is 195 Å². The summed E-state index contributed by atoms with van der Waals surface area (Å²) in [5.74, 6) is -3.63. The highest BCUT2D eigenvalue weighted by molar-refractivity contribution is 5.95. The first-order valence-electron chi connectivity index (χ1n) is 9.48. The van der Waals surface area contributed by atoms with Gasteiger partial charge in [0.1, 0.15) is 29.0 Å². The van der Waals surface area contributed by atoms with Gasteiger partial charge in [-0.05, 0) is 13.0 Å². The summed E-state index contributed by atoms with van der Waals surface area (Å²) in [5.41, 5.74) is 10.8. The van der Waals surface area contributed by atoms with Crippen LogP contribution in [-0.2, 0) is 20.9 Å². The van der Waals surface area contributed by atoms with Crippen LogP contribution in [0.2, 0.25) is 0 Å². The number of benzene rings is 2. The zero-order chi connectivity index (χ0) is 23.8. The first kappa shape index (κ1) is 27.6. The van der Waals surface area contributed by atoms with Crippen molar-refractivity contribution in [3.63, 3.8) is 0 Å². The van der Waals surface area contributed by atoms with E-state index in [1.807, 2.05) is 0 Å². The van der Waals surface area contributed by atoms with Gasteiger partial charge in [0.2, 0.25) is 0 Å². The summed E-state index contributed by atoms with van der Waals surface area (Å²) in [6.45, 7) is 1.03. The summed E-state index contributed by atoms with van der Waals surface area (Å²) in [5, 5.41) is 10.1. The molecule has 0 saturated carbocycles. The summed E-state index contributed by atoms with van der Waals surface area (Å²) < 4.78 is 44.4. The molecule has 0 saturated heterocycles. The fourth-order valence-corrected chi connectivity index (χ4v) is 2.81. The van der Waals surface area contributed by atoms with Crippen LogP contribution in [0.5, 0.6) is 11.5 Å². The molecule has 0 aliphatic carbocycles. The number of carbonyl (C=O) groups is 2. The maximum absolute atomic E-state index is 14.5. The second-order valence-electron chi connectivity index (χ2n) is 6.55. The Morgan fingerprint density at radius 1 is 1.15 bits per heavy atom. The predicted molar refractivity (Wildman–Crippen MR) is 119 cm³/mol. The van der Waals surface area contributed by atoms with Crippen LogP contribution in [0.15, 0.2) is 30.3 Å². The van der Waals surface area contributed by atoms with E-state index in [1.165, 1.54) is 25.3 Å². The molecular formula is C21H25ClF2N4O5. The quantitative estimate of drug-likeness (QED) is 0.281. The van der Waals surface area contributed by atoms with Gasteiger partial charge in [-0.1, -0.05) is 12.1 Å². The van der Waals surface area contributed by atoms with Gasteiger partial charge in [0, 0.05) is 36.4 Å². The van der Waals surface area contributed by atoms with E-state index < -0.39 is 41.7 Å². The van der Waals surface area contributed by atoms with Crippen LogP contribution >= 0.6 is 12.4 Å². The monoisotopic (exact) mass is 486 g/mol. The van der Waals surface area contributed by atoms with Gasteiger partial charge < -0.3 is 31.0 Å². The van der Waals surface area contributed by atoms with Crippen molar-refractivity contribution in [1.29, 1.82) is 5.41 Å². The highest BCUT2D eigenvalue weighted by Gasteiger charge is 2.28. The molecule has 12 heteroatoms. The van der Waals surface area contributed by atoms with Crippen molar-refractivity contribution in [3.8, 4) is 11.5 Å². The normalized spacial score (nSPS) is 11.2. The number of primary amides is 1. The first-order chi connectivity index (χ1) is 15.2. The van der Waals surface area contributed by atoms with Crippen molar-refractivity contribution in [1.82, 2.24) is 5.32 Å². The molecule has 0 radical (unpaired) electrons. The number of amidine groups is 1. The number of carbonyl (C=O) groups excluding carboxylic acids is 2. The van der Waals surface area contributed by atoms with Gasteiger partial charge in [-0.3, -0.25) is 15.0 Å². The fourth-order valence-electron chi connectivity index (χ4n) is 2.81. The number of nitrogens with two attached hydrogens (primary N) is 2. The average molecular weight is 487 g/mol. The summed E-state index contributed by atoms with van der Waals surface area (Å²) in [6, 6.07) is 6.36. The third-order valence-corrected chi connectivity index (χ3v) is 4.32. The summed E-state index contributed by atoms with van der Waals surface area (Å²) in [4.78, 5) is 23.8. The third kappa shape index (κ3) is 7.29. The molecule has 0 unspecified atom stereocenters. The molecule has 9 nitrogen and oxygen atoms in total. The maximum Gasteiger partial charge on any atom is 0.255 e. The lowest BCUT2D eigenvalue weighted by molar-refractivity contribution is -0.133. The molecule has 0 fully saturated rings. The van der Waals surface area contributed by atoms with Crippen LogP contribution in [0.3, 0.4) is 0 Å². The highest BCUT2D eigenvalue weighted by atomic mass is 35.5. The molecule has 2 rings (SSSR count). The van der Waals surface area contributed by atoms with Crippen LogP contribution in [-0.4, -0.2) is 38.0 Å². The topological polar surface area (TPSA) is 150 Å². The molecule has 0 bridgehead atoms. The van der Waals surface area contributed by atoms with Crippen molar-refractivity contribution in [2.24, 2.45) is 11.5 Å². The zero-order valence-corrected chi connectivity index (χ0v) is 18.8. The molecular weight excluding hydrogens is 462 g/mol. The van der Waals surface area contributed by atoms with E-state index in [1.54, 1.807) is 6.92 Å². The molecule has 2 aromatic rings. The Morgan fingerprint density at radius 2 is 1.79 bits per heavy atom. The molecule has 0 spiro atoms. The van der Waals surface area contributed by atoms with Crippen molar-refractivity contribution in [3.05, 3.63) is 58.7 Å². The Kier molecular flexibility index (Phi) is 10.5. The zero-order valence-electron chi connectivity index (χ0n) is 17.9. The summed E-state index contributed by atoms with van der Waals surface area (Å²) in [7, 11) is 1.26. The molecule has 0 aliphatic rings. The Bertz CT molecular complexity index is 999. The highest BCUT2D eigenvalue weighted by Crippen LogP contribution is 2.29. The van der Waals surface area contributed by atoms with E-state index in [2.05, 4.69) is 5.32 Å². The second kappa shape index (κ2) is 12.6. The average Bonchev–Trinajstić information content (AvgIpc) is 2.74. The van der Waals surface area contributed by atoms with Crippen LogP contribution in [0.25, 0.3) is 0 Å². The van der Waals surface area contributed by atoms with Gasteiger partial charge in [-0.15, -0.1) is 12.4 Å². The third-order valence-electron chi connectivity index (χ3n) is 4.32. The summed E-state index contributed by atoms with van der Waals surface area (Å²) in [6.07, 6.45) is -1.56. The number of hydrogen-bond acceptors (Lipinski definition) is 6. The van der Waals surface area contributed by atoms with Crippen LogP contribution in [0.1, 0.15) is 29.7 Å². The van der Waals surface area contributed by atoms with Gasteiger partial charge in [-0.25, -0.2) is 8.78 Å². The van der Waals surface area contributed by atoms with Crippen molar-refractivity contribution in [2.45, 2.75) is 19.6 Å². The van der Waals surface area contributed by atoms with Crippen molar-refractivity contribution < 1.29 is 32.6 Å². The number of amides is 2. The van der Waals surface area contributed by atoms with Crippen LogP contribution in [0, 0.1) is 17.0 Å². The van der Waals surface area contributed by atoms with E-state index in [4.69, 9.17) is 31.1 Å². The molecule has 1 atom stereocenters. The molecule has 0 aliphatic heterocycles. The number of methoxy groups -OCH3 is 1. The fraction of sp³-hybridized carbons (Fsp3) is 0.286.